The Balaban J connectivity index is 1.39. The summed E-state index contributed by atoms with van der Waals surface area (Å²) in [5.74, 6) is 0.983. The number of rotatable bonds is 5. The molecule has 2 bridgehead atoms. The third-order valence-corrected chi connectivity index (χ3v) is 5.59. The molecule has 0 spiro atoms. The first-order valence-corrected chi connectivity index (χ1v) is 9.44. The Morgan fingerprint density at radius 2 is 1.83 bits per heavy atom. The molecule has 1 atom stereocenters. The smallest absolute Gasteiger partial charge is 0.191 e. The zero-order valence-corrected chi connectivity index (χ0v) is 14.9. The second-order valence-corrected chi connectivity index (χ2v) is 7.20. The van der Waals surface area contributed by atoms with Crippen LogP contribution in [0.1, 0.15) is 26.2 Å². The number of guanidine groups is 1. The second-order valence-electron chi connectivity index (χ2n) is 7.20. The fourth-order valence-corrected chi connectivity index (χ4v) is 4.14. The molecule has 0 radical (unpaired) electrons. The summed E-state index contributed by atoms with van der Waals surface area (Å²) in [7, 11) is 1.89. The SMILES string of the molecule is CCCN1CCC(NC(=NC)NCC2CN3CCN2CC3)CC1. The largest absolute Gasteiger partial charge is 0.355 e. The van der Waals surface area contributed by atoms with E-state index in [1.807, 2.05) is 7.05 Å². The van der Waals surface area contributed by atoms with Gasteiger partial charge in [0.15, 0.2) is 5.96 Å². The third-order valence-electron chi connectivity index (χ3n) is 5.59. The summed E-state index contributed by atoms with van der Waals surface area (Å²) in [5, 5.41) is 7.20. The van der Waals surface area contributed by atoms with Crippen LogP contribution in [0.4, 0.5) is 0 Å². The first-order chi connectivity index (χ1) is 11.3. The van der Waals surface area contributed by atoms with Crippen molar-refractivity contribution < 1.29 is 0 Å². The van der Waals surface area contributed by atoms with Gasteiger partial charge < -0.3 is 15.5 Å². The first-order valence-electron chi connectivity index (χ1n) is 9.44. The normalized spacial score (nSPS) is 33.0. The third kappa shape index (κ3) is 4.58. The number of likely N-dealkylation sites (tertiary alicyclic amines) is 1. The van der Waals surface area contributed by atoms with Crippen molar-refractivity contribution in [2.75, 3.05) is 66.0 Å². The van der Waals surface area contributed by atoms with Gasteiger partial charge in [-0.2, -0.15) is 0 Å². The molecule has 4 heterocycles. The topological polar surface area (TPSA) is 46.1 Å². The van der Waals surface area contributed by atoms with Crippen molar-refractivity contribution in [3.05, 3.63) is 0 Å². The number of piperidine rings is 1. The minimum atomic E-state index is 0.571. The van der Waals surface area contributed by atoms with Crippen LogP contribution in [-0.2, 0) is 0 Å². The van der Waals surface area contributed by atoms with E-state index < -0.39 is 0 Å². The van der Waals surface area contributed by atoms with Gasteiger partial charge >= 0.3 is 0 Å². The minimum absolute atomic E-state index is 0.571. The summed E-state index contributed by atoms with van der Waals surface area (Å²) in [6.45, 7) is 13.1. The highest BCUT2D eigenvalue weighted by atomic mass is 15.4. The highest BCUT2D eigenvalue weighted by Crippen LogP contribution is 2.15. The summed E-state index contributed by atoms with van der Waals surface area (Å²) in [6.07, 6.45) is 3.71. The maximum Gasteiger partial charge on any atom is 0.191 e. The Morgan fingerprint density at radius 3 is 2.39 bits per heavy atom. The highest BCUT2D eigenvalue weighted by Gasteiger charge is 2.31. The average Bonchev–Trinajstić information content (AvgIpc) is 2.61. The second kappa shape index (κ2) is 8.31. The molecule has 4 rings (SSSR count). The Labute approximate surface area is 141 Å². The van der Waals surface area contributed by atoms with Crippen LogP contribution in [0, 0.1) is 0 Å². The molecule has 2 N–H and O–H groups in total. The van der Waals surface area contributed by atoms with Gasteiger partial charge in [-0.15, -0.1) is 0 Å². The number of hydrogen-bond donors (Lipinski definition) is 2. The summed E-state index contributed by atoms with van der Waals surface area (Å²) in [4.78, 5) is 12.2. The summed E-state index contributed by atoms with van der Waals surface area (Å²) in [5.41, 5.74) is 0. The van der Waals surface area contributed by atoms with Gasteiger partial charge in [0.05, 0.1) is 0 Å². The van der Waals surface area contributed by atoms with E-state index in [2.05, 4.69) is 37.2 Å². The Hall–Kier alpha value is -0.850. The molecule has 0 saturated carbocycles. The molecular formula is C17H34N6. The number of nitrogens with one attached hydrogen (secondary N) is 2. The monoisotopic (exact) mass is 322 g/mol. The van der Waals surface area contributed by atoms with Crippen LogP contribution in [0.2, 0.25) is 0 Å². The van der Waals surface area contributed by atoms with E-state index in [9.17, 15) is 0 Å². The van der Waals surface area contributed by atoms with E-state index in [-0.39, 0.29) is 0 Å². The molecule has 6 heteroatoms. The van der Waals surface area contributed by atoms with Crippen molar-refractivity contribution in [1.29, 1.82) is 0 Å². The first kappa shape index (κ1) is 17.0. The molecule has 4 aliphatic rings. The molecular weight excluding hydrogens is 288 g/mol. The van der Waals surface area contributed by atoms with Gasteiger partial charge in [0.25, 0.3) is 0 Å². The lowest BCUT2D eigenvalue weighted by atomic mass is 10.1. The minimum Gasteiger partial charge on any atom is -0.355 e. The average molecular weight is 323 g/mol. The van der Waals surface area contributed by atoms with E-state index in [0.29, 0.717) is 12.1 Å². The molecule has 0 aromatic carbocycles. The Kier molecular flexibility index (Phi) is 6.14. The van der Waals surface area contributed by atoms with Gasteiger partial charge in [0, 0.05) is 71.5 Å². The fraction of sp³-hybridized carbons (Fsp3) is 0.941. The molecule has 4 saturated heterocycles. The number of aliphatic imine (C=N–C) groups is 1. The van der Waals surface area contributed by atoms with Crippen LogP contribution < -0.4 is 10.6 Å². The molecule has 1 unspecified atom stereocenters. The van der Waals surface area contributed by atoms with E-state index in [1.54, 1.807) is 0 Å². The lowest BCUT2D eigenvalue weighted by Gasteiger charge is -2.47. The van der Waals surface area contributed by atoms with Crippen LogP contribution in [-0.4, -0.2) is 98.7 Å². The maximum absolute atomic E-state index is 4.43. The quantitative estimate of drug-likeness (QED) is 0.552. The Bertz CT molecular complexity index is 383. The van der Waals surface area contributed by atoms with E-state index in [0.717, 1.165) is 12.5 Å². The number of piperazine rings is 3. The summed E-state index contributed by atoms with van der Waals surface area (Å²) in [6, 6.07) is 1.21. The highest BCUT2D eigenvalue weighted by molar-refractivity contribution is 5.80. The van der Waals surface area contributed by atoms with Crippen LogP contribution in [0.3, 0.4) is 0 Å². The summed E-state index contributed by atoms with van der Waals surface area (Å²) >= 11 is 0. The van der Waals surface area contributed by atoms with Crippen molar-refractivity contribution in [1.82, 2.24) is 25.3 Å². The van der Waals surface area contributed by atoms with Gasteiger partial charge in [0.1, 0.15) is 0 Å². The van der Waals surface area contributed by atoms with Gasteiger partial charge in [-0.1, -0.05) is 6.92 Å². The fourth-order valence-electron chi connectivity index (χ4n) is 4.14. The lowest BCUT2D eigenvalue weighted by molar-refractivity contribution is 0.0154. The summed E-state index contributed by atoms with van der Waals surface area (Å²) < 4.78 is 0. The van der Waals surface area contributed by atoms with Crippen LogP contribution >= 0.6 is 0 Å². The molecule has 6 nitrogen and oxygen atoms in total. The zero-order chi connectivity index (χ0) is 16.1. The molecule has 23 heavy (non-hydrogen) atoms. The van der Waals surface area contributed by atoms with Crippen molar-refractivity contribution in [2.24, 2.45) is 4.99 Å². The van der Waals surface area contributed by atoms with Crippen LogP contribution in [0.25, 0.3) is 0 Å². The Morgan fingerprint density at radius 1 is 1.09 bits per heavy atom. The van der Waals surface area contributed by atoms with Gasteiger partial charge in [-0.25, -0.2) is 0 Å². The molecule has 0 amide bonds. The molecule has 4 aliphatic heterocycles. The van der Waals surface area contributed by atoms with Gasteiger partial charge in [-0.05, 0) is 25.8 Å². The van der Waals surface area contributed by atoms with Crippen molar-refractivity contribution in [2.45, 2.75) is 38.3 Å². The van der Waals surface area contributed by atoms with E-state index in [1.165, 1.54) is 71.6 Å². The molecule has 0 aliphatic carbocycles. The molecule has 132 valence electrons. The van der Waals surface area contributed by atoms with Crippen molar-refractivity contribution in [3.63, 3.8) is 0 Å². The number of nitrogens with zero attached hydrogens (tertiary/aromatic N) is 4. The predicted molar refractivity (Wildman–Crippen MR) is 96.1 cm³/mol. The van der Waals surface area contributed by atoms with Crippen LogP contribution in [0.15, 0.2) is 4.99 Å². The predicted octanol–water partition coefficient (Wildman–Crippen LogP) is 0.0256. The molecule has 0 aromatic rings. The molecule has 4 fully saturated rings. The number of fused-ring (bicyclic) bond motifs is 3. The van der Waals surface area contributed by atoms with E-state index in [4.69, 9.17) is 0 Å². The number of hydrogen-bond acceptors (Lipinski definition) is 4. The van der Waals surface area contributed by atoms with Crippen molar-refractivity contribution in [3.8, 4) is 0 Å². The lowest BCUT2D eigenvalue weighted by Crippen LogP contribution is -2.64. The van der Waals surface area contributed by atoms with Gasteiger partial charge in [0.2, 0.25) is 0 Å². The van der Waals surface area contributed by atoms with E-state index >= 15 is 0 Å². The van der Waals surface area contributed by atoms with Crippen molar-refractivity contribution >= 4 is 5.96 Å². The zero-order valence-electron chi connectivity index (χ0n) is 14.9. The molecule has 0 aromatic heterocycles. The maximum atomic E-state index is 4.43. The standard InChI is InChI=1S/C17H34N6/c1-3-6-21-7-4-15(5-8-21)20-17(18-2)19-13-16-14-22-9-11-23(16)12-10-22/h15-16H,3-14H2,1-2H3,(H2,18,19,20). The van der Waals surface area contributed by atoms with Gasteiger partial charge in [-0.3, -0.25) is 14.8 Å². The van der Waals surface area contributed by atoms with Crippen LogP contribution in [0.5, 0.6) is 0 Å².